The first-order chi connectivity index (χ1) is 11.7. The highest BCUT2D eigenvalue weighted by molar-refractivity contribution is 5.71. The molecule has 0 spiro atoms. The van der Waals surface area contributed by atoms with Gasteiger partial charge in [0.25, 0.3) is 0 Å². The van der Waals surface area contributed by atoms with Crippen molar-refractivity contribution in [3.05, 3.63) is 28.6 Å². The highest BCUT2D eigenvalue weighted by atomic mass is 16.7. The van der Waals surface area contributed by atoms with Crippen LogP contribution in [0.25, 0.3) is 0 Å². The highest BCUT2D eigenvalue weighted by Gasteiger charge is 2.30. The molecule has 3 rings (SSSR count). The molecule has 9 nitrogen and oxygen atoms in total. The van der Waals surface area contributed by atoms with Crippen LogP contribution >= 0.6 is 0 Å². The average Bonchev–Trinajstić information content (AvgIpc) is 3.08. The minimum atomic E-state index is -0.452. The highest BCUT2D eigenvalue weighted by Crippen LogP contribution is 2.35. The van der Waals surface area contributed by atoms with Gasteiger partial charge in [-0.2, -0.15) is 0 Å². The quantitative estimate of drug-likeness (QED) is 0.625. The Morgan fingerprint density at radius 1 is 1.42 bits per heavy atom. The van der Waals surface area contributed by atoms with Crippen LogP contribution in [-0.4, -0.2) is 34.8 Å². The van der Waals surface area contributed by atoms with E-state index in [1.807, 2.05) is 4.90 Å². The minimum Gasteiger partial charge on any atom is -0.459 e. The molecule has 0 saturated carbocycles. The Hall–Kier alpha value is -2.58. The third kappa shape index (κ3) is 3.50. The van der Waals surface area contributed by atoms with Crippen LogP contribution in [0.15, 0.2) is 18.5 Å². The fourth-order valence-corrected chi connectivity index (χ4v) is 3.13. The second-order valence-electron chi connectivity index (χ2n) is 5.91. The van der Waals surface area contributed by atoms with Gasteiger partial charge in [-0.25, -0.2) is 9.97 Å². The van der Waals surface area contributed by atoms with Gasteiger partial charge in [-0.15, -0.1) is 0 Å². The third-order valence-corrected chi connectivity index (χ3v) is 4.31. The molecule has 0 aliphatic carbocycles. The van der Waals surface area contributed by atoms with Crippen molar-refractivity contribution in [2.24, 2.45) is 5.92 Å². The van der Waals surface area contributed by atoms with Crippen LogP contribution in [-0.2, 0) is 9.47 Å². The van der Waals surface area contributed by atoms with Crippen LogP contribution in [0.3, 0.4) is 0 Å². The maximum Gasteiger partial charge on any atom is 0.353 e. The molecule has 0 aromatic carbocycles. The Morgan fingerprint density at radius 3 is 2.83 bits per heavy atom. The number of rotatable bonds is 6. The van der Waals surface area contributed by atoms with Gasteiger partial charge in [0, 0.05) is 13.1 Å². The zero-order chi connectivity index (χ0) is 16.9. The molecule has 1 saturated heterocycles. The van der Waals surface area contributed by atoms with Crippen LogP contribution in [0.2, 0.25) is 0 Å². The molecule has 2 aliphatic rings. The molecule has 9 heteroatoms. The molecule has 0 bridgehead atoms. The molecule has 130 valence electrons. The third-order valence-electron chi connectivity index (χ3n) is 4.31. The lowest BCUT2D eigenvalue weighted by molar-refractivity contribution is -0.383. The molecule has 1 aromatic rings. The van der Waals surface area contributed by atoms with Gasteiger partial charge in [0.2, 0.25) is 24.3 Å². The van der Waals surface area contributed by atoms with Gasteiger partial charge in [0.1, 0.15) is 12.6 Å². The Labute approximate surface area is 139 Å². The largest absolute Gasteiger partial charge is 0.459 e. The summed E-state index contributed by atoms with van der Waals surface area (Å²) in [7, 11) is 0. The molecule has 3 heterocycles. The monoisotopic (exact) mass is 335 g/mol. The molecule has 2 aliphatic heterocycles. The number of nitrogens with zero attached hydrogens (tertiary/aromatic N) is 4. The number of hydrogen-bond donors (Lipinski definition) is 1. The Bertz CT molecular complexity index is 628. The van der Waals surface area contributed by atoms with E-state index in [0.717, 1.165) is 25.9 Å². The van der Waals surface area contributed by atoms with Crippen molar-refractivity contribution < 1.29 is 14.4 Å². The van der Waals surface area contributed by atoms with Crippen molar-refractivity contribution in [2.45, 2.75) is 32.6 Å². The van der Waals surface area contributed by atoms with Gasteiger partial charge < -0.3 is 19.7 Å². The van der Waals surface area contributed by atoms with Gasteiger partial charge in [-0.1, -0.05) is 19.8 Å². The molecular weight excluding hydrogens is 314 g/mol. The maximum absolute atomic E-state index is 11.6. The second kappa shape index (κ2) is 7.33. The normalized spacial score (nSPS) is 17.9. The Kier molecular flexibility index (Phi) is 4.97. The van der Waals surface area contributed by atoms with Crippen LogP contribution in [0, 0.1) is 16.0 Å². The Balaban J connectivity index is 1.81. The van der Waals surface area contributed by atoms with E-state index < -0.39 is 4.92 Å². The van der Waals surface area contributed by atoms with Gasteiger partial charge >= 0.3 is 5.69 Å². The number of nitrogens with one attached hydrogen (secondary N) is 1. The molecule has 0 unspecified atom stereocenters. The predicted octanol–water partition coefficient (Wildman–Crippen LogP) is 2.62. The van der Waals surface area contributed by atoms with E-state index in [1.165, 1.54) is 25.4 Å². The number of nitro groups is 1. The Morgan fingerprint density at radius 2 is 2.21 bits per heavy atom. The zero-order valence-electron chi connectivity index (χ0n) is 13.6. The van der Waals surface area contributed by atoms with E-state index in [4.69, 9.17) is 9.47 Å². The van der Waals surface area contributed by atoms with Gasteiger partial charge in [0.05, 0.1) is 4.92 Å². The van der Waals surface area contributed by atoms with Gasteiger partial charge in [-0.05, 0) is 18.8 Å². The summed E-state index contributed by atoms with van der Waals surface area (Å²) < 4.78 is 10.1. The smallest absolute Gasteiger partial charge is 0.353 e. The van der Waals surface area contributed by atoms with Gasteiger partial charge in [0.15, 0.2) is 0 Å². The number of aromatic nitrogens is 2. The average molecular weight is 335 g/mol. The maximum atomic E-state index is 11.6. The van der Waals surface area contributed by atoms with Crippen LogP contribution in [0.1, 0.15) is 32.6 Å². The van der Waals surface area contributed by atoms with E-state index in [9.17, 15) is 10.1 Å². The van der Waals surface area contributed by atoms with Gasteiger partial charge in [-0.3, -0.25) is 10.1 Å². The van der Waals surface area contributed by atoms with Crippen LogP contribution < -0.4 is 10.2 Å². The molecule has 1 N–H and O–H groups in total. The fourth-order valence-electron chi connectivity index (χ4n) is 3.13. The lowest BCUT2D eigenvalue weighted by Gasteiger charge is -2.32. The number of ether oxygens (including phenoxy) is 2. The van der Waals surface area contributed by atoms with Crippen molar-refractivity contribution in [3.8, 4) is 0 Å². The van der Waals surface area contributed by atoms with Crippen molar-refractivity contribution in [3.63, 3.8) is 0 Å². The van der Waals surface area contributed by atoms with E-state index in [1.54, 1.807) is 0 Å². The molecule has 1 aromatic heterocycles. The number of hydrogen-bond acceptors (Lipinski definition) is 8. The van der Waals surface area contributed by atoms with E-state index in [-0.39, 0.29) is 18.3 Å². The summed E-state index contributed by atoms with van der Waals surface area (Å²) in [5.41, 5.74) is -0.136. The fraction of sp³-hybridized carbons (Fsp3) is 0.600. The van der Waals surface area contributed by atoms with Crippen molar-refractivity contribution >= 4 is 17.3 Å². The molecule has 0 atom stereocenters. The lowest BCUT2D eigenvalue weighted by atomic mass is 9.92. The zero-order valence-corrected chi connectivity index (χ0v) is 13.6. The topological polar surface area (TPSA) is 103 Å². The predicted molar refractivity (Wildman–Crippen MR) is 87.3 cm³/mol. The summed E-state index contributed by atoms with van der Waals surface area (Å²) in [5, 5.41) is 14.4. The molecule has 1 fully saturated rings. The van der Waals surface area contributed by atoms with Crippen LogP contribution in [0.5, 0.6) is 0 Å². The molecule has 0 amide bonds. The first-order valence-electron chi connectivity index (χ1n) is 8.15. The van der Waals surface area contributed by atoms with E-state index in [2.05, 4.69) is 22.2 Å². The summed E-state index contributed by atoms with van der Waals surface area (Å²) in [6, 6.07) is 0. The van der Waals surface area contributed by atoms with E-state index in [0.29, 0.717) is 17.6 Å². The minimum absolute atomic E-state index is 0.0824. The summed E-state index contributed by atoms with van der Waals surface area (Å²) in [4.78, 5) is 21.3. The molecular formula is C15H21N5O4. The number of piperidine rings is 1. The summed E-state index contributed by atoms with van der Waals surface area (Å²) >= 11 is 0. The number of anilines is 2. The van der Waals surface area contributed by atoms with Crippen LogP contribution in [0.4, 0.5) is 17.3 Å². The molecule has 0 radical (unpaired) electrons. The summed E-state index contributed by atoms with van der Waals surface area (Å²) in [5.74, 6) is 1.45. The standard InChI is InChI=1S/C15H21N5O4/c1-2-3-11-4-6-19(7-5-11)15-13(20(21)22)14(16-9-17-15)18-12-8-23-10-24-12/h8-9,11H,2-7,10H2,1H3,(H,16,17,18). The SMILES string of the molecule is CCCC1CCN(c2ncnc(NC3=COCO3)c2[N+](=O)[O-])CC1. The van der Waals surface area contributed by atoms with Crippen molar-refractivity contribution in [2.75, 3.05) is 30.1 Å². The first-order valence-corrected chi connectivity index (χ1v) is 8.15. The molecule has 24 heavy (non-hydrogen) atoms. The summed E-state index contributed by atoms with van der Waals surface area (Å²) in [6.07, 6.45) is 7.13. The van der Waals surface area contributed by atoms with Crippen molar-refractivity contribution in [1.29, 1.82) is 0 Å². The van der Waals surface area contributed by atoms with Crippen molar-refractivity contribution in [1.82, 2.24) is 9.97 Å². The lowest BCUT2D eigenvalue weighted by Crippen LogP contribution is -2.34. The second-order valence-corrected chi connectivity index (χ2v) is 5.91. The summed E-state index contributed by atoms with van der Waals surface area (Å²) in [6.45, 7) is 3.80. The first kappa shape index (κ1) is 16.3. The van der Waals surface area contributed by atoms with E-state index >= 15 is 0 Å².